The van der Waals surface area contributed by atoms with Gasteiger partial charge in [-0.2, -0.15) is 0 Å². The largest absolute Gasteiger partial charge is 0.381 e. The van der Waals surface area contributed by atoms with Crippen LogP contribution >= 0.6 is 0 Å². The van der Waals surface area contributed by atoms with E-state index in [9.17, 15) is 8.42 Å². The zero-order valence-electron chi connectivity index (χ0n) is 12.4. The minimum Gasteiger partial charge on any atom is -0.381 e. The molecule has 112 valence electrons. The van der Waals surface area contributed by atoms with Gasteiger partial charge in [-0.1, -0.05) is 32.4 Å². The highest BCUT2D eigenvalue weighted by atomic mass is 32.2. The first-order valence-corrected chi connectivity index (χ1v) is 8.61. The molecule has 1 saturated carbocycles. The second-order valence-electron chi connectivity index (χ2n) is 6.31. The van der Waals surface area contributed by atoms with Crippen LogP contribution in [-0.2, 0) is 10.0 Å². The number of nitrogens with one attached hydrogen (secondary N) is 2. The lowest BCUT2D eigenvalue weighted by molar-refractivity contribution is 0.229. The molecule has 1 aromatic rings. The third-order valence-electron chi connectivity index (χ3n) is 4.01. The van der Waals surface area contributed by atoms with Crippen LogP contribution in [0.25, 0.3) is 0 Å². The van der Waals surface area contributed by atoms with Crippen LogP contribution in [0.2, 0.25) is 0 Å². The van der Waals surface area contributed by atoms with Gasteiger partial charge in [0.1, 0.15) is 4.90 Å². The van der Waals surface area contributed by atoms with Crippen LogP contribution in [0.1, 0.15) is 39.5 Å². The lowest BCUT2D eigenvalue weighted by Crippen LogP contribution is -2.32. The summed E-state index contributed by atoms with van der Waals surface area (Å²) in [6.07, 6.45) is 4.59. The Hall–Kier alpha value is -1.07. The Bertz CT molecular complexity index is 567. The predicted octanol–water partition coefficient (Wildman–Crippen LogP) is 2.98. The van der Waals surface area contributed by atoms with Crippen LogP contribution in [-0.4, -0.2) is 21.5 Å². The van der Waals surface area contributed by atoms with Gasteiger partial charge in [-0.25, -0.2) is 13.1 Å². The monoisotopic (exact) mass is 296 g/mol. The zero-order valence-corrected chi connectivity index (χ0v) is 13.3. The van der Waals surface area contributed by atoms with Crippen LogP contribution < -0.4 is 10.0 Å². The van der Waals surface area contributed by atoms with Crippen molar-refractivity contribution in [2.24, 2.45) is 5.41 Å². The molecular weight excluding hydrogens is 272 g/mol. The minimum atomic E-state index is -3.42. The first-order valence-electron chi connectivity index (χ1n) is 7.13. The summed E-state index contributed by atoms with van der Waals surface area (Å²) in [5, 5.41) is 3.43. The van der Waals surface area contributed by atoms with E-state index >= 15 is 0 Å². The smallest absolute Gasteiger partial charge is 0.242 e. The van der Waals surface area contributed by atoms with Gasteiger partial charge in [0.25, 0.3) is 0 Å². The molecule has 0 spiro atoms. The molecule has 0 bridgehead atoms. The summed E-state index contributed by atoms with van der Waals surface area (Å²) in [6, 6.07) is 7.44. The fourth-order valence-corrected chi connectivity index (χ4v) is 3.87. The van der Waals surface area contributed by atoms with Gasteiger partial charge in [0.05, 0.1) is 5.69 Å². The molecular formula is C15H24N2O2S. The Balaban J connectivity index is 2.22. The summed E-state index contributed by atoms with van der Waals surface area (Å²) in [7, 11) is -1.98. The standard InChI is InChI=1S/C15H24N2O2S/c1-15(2)10-6-7-12(11-15)17-13-8-4-5-9-14(13)20(18,19)16-3/h4-5,8-9,12,16-17H,6-7,10-11H2,1-3H3. The highest BCUT2D eigenvalue weighted by molar-refractivity contribution is 7.89. The van der Waals surface area contributed by atoms with Gasteiger partial charge in [-0.3, -0.25) is 0 Å². The van der Waals surface area contributed by atoms with Crippen molar-refractivity contribution in [2.75, 3.05) is 12.4 Å². The predicted molar refractivity (Wildman–Crippen MR) is 82.3 cm³/mol. The molecule has 5 heteroatoms. The Labute approximate surface area is 122 Å². The van der Waals surface area contributed by atoms with Gasteiger partial charge in [0, 0.05) is 6.04 Å². The van der Waals surface area contributed by atoms with Crippen LogP contribution in [0.4, 0.5) is 5.69 Å². The molecule has 0 aliphatic heterocycles. The Morgan fingerprint density at radius 3 is 2.60 bits per heavy atom. The Morgan fingerprint density at radius 1 is 1.25 bits per heavy atom. The van der Waals surface area contributed by atoms with Crippen LogP contribution in [0.3, 0.4) is 0 Å². The minimum absolute atomic E-state index is 0.325. The molecule has 0 radical (unpaired) electrons. The SMILES string of the molecule is CNS(=O)(=O)c1ccccc1NC1CCCC(C)(C)C1. The van der Waals surface area contributed by atoms with E-state index in [0.29, 0.717) is 22.0 Å². The normalized spacial score (nSPS) is 22.4. The second kappa shape index (κ2) is 5.74. The number of benzene rings is 1. The molecule has 0 heterocycles. The first kappa shape index (κ1) is 15.3. The highest BCUT2D eigenvalue weighted by Crippen LogP contribution is 2.37. The summed E-state index contributed by atoms with van der Waals surface area (Å²) in [5.41, 5.74) is 1.02. The summed E-state index contributed by atoms with van der Waals surface area (Å²) < 4.78 is 26.5. The van der Waals surface area contributed by atoms with Crippen molar-refractivity contribution in [3.05, 3.63) is 24.3 Å². The van der Waals surface area contributed by atoms with E-state index < -0.39 is 10.0 Å². The van der Waals surface area contributed by atoms with Gasteiger partial charge in [-0.15, -0.1) is 0 Å². The molecule has 4 nitrogen and oxygen atoms in total. The van der Waals surface area contributed by atoms with E-state index in [4.69, 9.17) is 0 Å². The third kappa shape index (κ3) is 3.52. The van der Waals surface area contributed by atoms with Gasteiger partial charge >= 0.3 is 0 Å². The Kier molecular flexibility index (Phi) is 4.39. The second-order valence-corrected chi connectivity index (χ2v) is 8.16. The third-order valence-corrected chi connectivity index (χ3v) is 5.48. The van der Waals surface area contributed by atoms with Crippen LogP contribution in [0.15, 0.2) is 29.2 Å². The molecule has 20 heavy (non-hydrogen) atoms. The number of hydrogen-bond donors (Lipinski definition) is 2. The Morgan fingerprint density at radius 2 is 1.95 bits per heavy atom. The fourth-order valence-electron chi connectivity index (χ4n) is 2.97. The zero-order chi connectivity index (χ0) is 14.8. The molecule has 1 fully saturated rings. The van der Waals surface area contributed by atoms with Crippen LogP contribution in [0.5, 0.6) is 0 Å². The summed E-state index contributed by atoms with van der Waals surface area (Å²) in [4.78, 5) is 0.325. The quantitative estimate of drug-likeness (QED) is 0.898. The molecule has 0 saturated heterocycles. The topological polar surface area (TPSA) is 58.2 Å². The van der Waals surface area contributed by atoms with Gasteiger partial charge in [0.15, 0.2) is 0 Å². The number of anilines is 1. The van der Waals surface area contributed by atoms with Gasteiger partial charge < -0.3 is 5.32 Å². The molecule has 1 aliphatic carbocycles. The van der Waals surface area contributed by atoms with E-state index in [1.54, 1.807) is 12.1 Å². The lowest BCUT2D eigenvalue weighted by Gasteiger charge is -2.36. The van der Waals surface area contributed by atoms with Crippen molar-refractivity contribution in [1.82, 2.24) is 4.72 Å². The van der Waals surface area contributed by atoms with Crippen molar-refractivity contribution >= 4 is 15.7 Å². The average molecular weight is 296 g/mol. The van der Waals surface area contributed by atoms with Crippen molar-refractivity contribution in [1.29, 1.82) is 0 Å². The molecule has 0 aromatic heterocycles. The average Bonchev–Trinajstić information content (AvgIpc) is 2.38. The summed E-state index contributed by atoms with van der Waals surface area (Å²) >= 11 is 0. The molecule has 1 aromatic carbocycles. The summed E-state index contributed by atoms with van der Waals surface area (Å²) in [6.45, 7) is 4.55. The maximum atomic E-state index is 12.0. The van der Waals surface area contributed by atoms with Crippen molar-refractivity contribution in [3.63, 3.8) is 0 Å². The first-order chi connectivity index (χ1) is 9.34. The number of sulfonamides is 1. The maximum absolute atomic E-state index is 12.0. The van der Waals surface area contributed by atoms with E-state index in [1.807, 2.05) is 12.1 Å². The van der Waals surface area contributed by atoms with Crippen LogP contribution in [0, 0.1) is 5.41 Å². The number of para-hydroxylation sites is 1. The maximum Gasteiger partial charge on any atom is 0.242 e. The van der Waals surface area contributed by atoms with E-state index in [0.717, 1.165) is 12.8 Å². The van der Waals surface area contributed by atoms with Gasteiger partial charge in [-0.05, 0) is 43.9 Å². The lowest BCUT2D eigenvalue weighted by atomic mass is 9.75. The van der Waals surface area contributed by atoms with Crippen molar-refractivity contribution in [2.45, 2.75) is 50.5 Å². The highest BCUT2D eigenvalue weighted by Gasteiger charge is 2.28. The molecule has 0 amide bonds. The van der Waals surface area contributed by atoms with Gasteiger partial charge in [0.2, 0.25) is 10.0 Å². The molecule has 1 atom stereocenters. The molecule has 2 N–H and O–H groups in total. The molecule has 1 unspecified atom stereocenters. The molecule has 2 rings (SSSR count). The molecule has 1 aliphatic rings. The van der Waals surface area contributed by atoms with Crippen molar-refractivity contribution in [3.8, 4) is 0 Å². The van der Waals surface area contributed by atoms with E-state index in [2.05, 4.69) is 23.9 Å². The van der Waals surface area contributed by atoms with E-state index in [-0.39, 0.29) is 0 Å². The number of rotatable bonds is 4. The van der Waals surface area contributed by atoms with E-state index in [1.165, 1.54) is 19.9 Å². The fraction of sp³-hybridized carbons (Fsp3) is 0.600. The van der Waals surface area contributed by atoms with Crippen molar-refractivity contribution < 1.29 is 8.42 Å². The summed E-state index contributed by atoms with van der Waals surface area (Å²) in [5.74, 6) is 0. The number of hydrogen-bond acceptors (Lipinski definition) is 3.